The highest BCUT2D eigenvalue weighted by Gasteiger charge is 2.33. The molecule has 8 heteroatoms. The summed E-state index contributed by atoms with van der Waals surface area (Å²) >= 11 is 0. The largest absolute Gasteiger partial charge is 0.338 e. The lowest BCUT2D eigenvalue weighted by molar-refractivity contribution is -0.132. The van der Waals surface area contributed by atoms with Crippen LogP contribution in [0.25, 0.3) is 0 Å². The Bertz CT molecular complexity index is 849. The Kier molecular flexibility index (Phi) is 8.49. The van der Waals surface area contributed by atoms with Crippen LogP contribution in [0.2, 0.25) is 0 Å². The summed E-state index contributed by atoms with van der Waals surface area (Å²) in [4.78, 5) is 31.8. The summed E-state index contributed by atoms with van der Waals surface area (Å²) in [5, 5.41) is 11.3. The van der Waals surface area contributed by atoms with E-state index in [1.54, 1.807) is 50.5 Å². The van der Waals surface area contributed by atoms with E-state index in [9.17, 15) is 9.59 Å². The second-order valence-corrected chi connectivity index (χ2v) is 6.16. The van der Waals surface area contributed by atoms with Gasteiger partial charge in [-0.25, -0.2) is 15.4 Å². The summed E-state index contributed by atoms with van der Waals surface area (Å²) in [7, 11) is 0. The number of aromatic nitrogens is 2. The van der Waals surface area contributed by atoms with Crippen LogP contribution >= 0.6 is 0 Å². The number of carbonyl (C=O) groups excluding carboxylic acids is 2. The smallest absolute Gasteiger partial charge is 0.267 e. The highest BCUT2D eigenvalue weighted by molar-refractivity contribution is 5.97. The number of benzene rings is 1. The number of hydrogen-bond donors (Lipinski definition) is 4. The first-order valence-electron chi connectivity index (χ1n) is 8.22. The maximum Gasteiger partial charge on any atom is 0.267 e. The number of nitrogens with two attached hydrogens (primary N) is 1. The first kappa shape index (κ1) is 22.5. The summed E-state index contributed by atoms with van der Waals surface area (Å²) in [6.07, 6.45) is 4.62. The van der Waals surface area contributed by atoms with E-state index in [-0.39, 0.29) is 0 Å². The molecule has 146 valence electrons. The molecule has 1 atom stereocenters. The number of rotatable bonds is 4. The van der Waals surface area contributed by atoms with Gasteiger partial charge in [0.1, 0.15) is 12.4 Å². The van der Waals surface area contributed by atoms with E-state index in [0.717, 1.165) is 0 Å². The zero-order valence-electron chi connectivity index (χ0n) is 15.8. The Morgan fingerprint density at radius 1 is 1.11 bits per heavy atom. The molecule has 0 saturated heterocycles. The molecule has 0 spiro atoms. The first-order valence-corrected chi connectivity index (χ1v) is 8.22. The molecule has 0 aliphatic rings. The van der Waals surface area contributed by atoms with Crippen molar-refractivity contribution in [2.24, 2.45) is 5.73 Å². The van der Waals surface area contributed by atoms with Crippen LogP contribution in [-0.2, 0) is 4.79 Å². The van der Waals surface area contributed by atoms with Crippen LogP contribution in [0.15, 0.2) is 56.1 Å². The highest BCUT2D eigenvalue weighted by atomic mass is 16.5. The van der Waals surface area contributed by atoms with Gasteiger partial charge >= 0.3 is 0 Å². The fraction of sp³-hybridized carbons (Fsp3) is 0.200. The Hall–Kier alpha value is -3.54. The minimum Gasteiger partial charge on any atom is -0.338 e. The molecule has 0 saturated carbocycles. The van der Waals surface area contributed by atoms with Crippen LogP contribution < -0.4 is 16.5 Å². The van der Waals surface area contributed by atoms with Crippen molar-refractivity contribution in [3.05, 3.63) is 72.8 Å². The van der Waals surface area contributed by atoms with Crippen molar-refractivity contribution in [2.45, 2.75) is 25.4 Å². The standard InChI is InChI=1S/C18H19N5O3.C2H4/c1-18(2,19)15(17(25)23-26)22-16(24)14-7-5-12(6-8-14)3-4-13-9-20-11-21-10-13;1-2/h5-11,15,26H,19H2,1-2H3,(H,22,24)(H,23,25);1-2H2. The number of amides is 2. The van der Waals surface area contributed by atoms with E-state index in [1.165, 1.54) is 11.8 Å². The maximum atomic E-state index is 12.3. The maximum absolute atomic E-state index is 12.3. The minimum atomic E-state index is -1.10. The average molecular weight is 381 g/mol. The molecule has 0 bridgehead atoms. The van der Waals surface area contributed by atoms with Gasteiger partial charge in [-0.1, -0.05) is 11.8 Å². The van der Waals surface area contributed by atoms with E-state index >= 15 is 0 Å². The van der Waals surface area contributed by atoms with Gasteiger partial charge in [0.25, 0.3) is 11.8 Å². The predicted octanol–water partition coefficient (Wildman–Crippen LogP) is 1.02. The van der Waals surface area contributed by atoms with Crippen molar-refractivity contribution < 1.29 is 14.8 Å². The normalized spacial score (nSPS) is 11.0. The lowest BCUT2D eigenvalue weighted by Crippen LogP contribution is -2.61. The van der Waals surface area contributed by atoms with Gasteiger partial charge in [-0.15, -0.1) is 13.2 Å². The van der Waals surface area contributed by atoms with Crippen molar-refractivity contribution in [3.8, 4) is 11.8 Å². The van der Waals surface area contributed by atoms with Crippen LogP contribution in [-0.4, -0.2) is 38.6 Å². The van der Waals surface area contributed by atoms with Crippen molar-refractivity contribution >= 4 is 11.8 Å². The summed E-state index contributed by atoms with van der Waals surface area (Å²) < 4.78 is 0. The Balaban J connectivity index is 0.00000190. The van der Waals surface area contributed by atoms with Crippen molar-refractivity contribution in [1.29, 1.82) is 0 Å². The molecule has 1 heterocycles. The van der Waals surface area contributed by atoms with Crippen LogP contribution in [0.3, 0.4) is 0 Å². The molecule has 2 aromatic rings. The predicted molar refractivity (Wildman–Crippen MR) is 105 cm³/mol. The molecule has 1 aromatic heterocycles. The number of nitrogens with zero attached hydrogens (tertiary/aromatic N) is 2. The number of carbonyl (C=O) groups is 2. The van der Waals surface area contributed by atoms with Gasteiger partial charge in [0.05, 0.1) is 5.56 Å². The molecule has 0 aliphatic heterocycles. The van der Waals surface area contributed by atoms with Gasteiger partial charge in [0.15, 0.2) is 0 Å². The van der Waals surface area contributed by atoms with Gasteiger partial charge in [0.2, 0.25) is 0 Å². The van der Waals surface area contributed by atoms with E-state index < -0.39 is 23.4 Å². The summed E-state index contributed by atoms with van der Waals surface area (Å²) in [6.45, 7) is 9.14. The van der Waals surface area contributed by atoms with Gasteiger partial charge in [-0.05, 0) is 38.1 Å². The molecule has 2 rings (SSSR count). The van der Waals surface area contributed by atoms with Gasteiger partial charge in [-0.2, -0.15) is 0 Å². The first-order chi connectivity index (χ1) is 13.3. The Morgan fingerprint density at radius 3 is 2.14 bits per heavy atom. The molecule has 0 aliphatic carbocycles. The molecule has 28 heavy (non-hydrogen) atoms. The Morgan fingerprint density at radius 2 is 1.64 bits per heavy atom. The van der Waals surface area contributed by atoms with E-state index in [1.807, 2.05) is 0 Å². The molecule has 8 nitrogen and oxygen atoms in total. The van der Waals surface area contributed by atoms with Crippen LogP contribution in [0, 0.1) is 11.8 Å². The Labute approximate surface area is 163 Å². The molecule has 5 N–H and O–H groups in total. The zero-order valence-corrected chi connectivity index (χ0v) is 15.8. The number of hydroxylamine groups is 1. The zero-order chi connectivity index (χ0) is 21.2. The third kappa shape index (κ3) is 6.64. The van der Waals surface area contributed by atoms with Gasteiger partial charge in [0, 0.05) is 29.1 Å². The molecule has 0 fully saturated rings. The summed E-state index contributed by atoms with van der Waals surface area (Å²) in [6, 6.07) is 5.43. The van der Waals surface area contributed by atoms with Crippen LogP contribution in [0.1, 0.15) is 35.3 Å². The van der Waals surface area contributed by atoms with Crippen molar-refractivity contribution in [2.75, 3.05) is 0 Å². The minimum absolute atomic E-state index is 0.332. The fourth-order valence-electron chi connectivity index (χ4n) is 2.08. The SMILES string of the molecule is C=C.CC(C)(N)C(NC(=O)c1ccc(C#Cc2cncnc2)cc1)C(=O)NO. The summed E-state index contributed by atoms with van der Waals surface area (Å²) in [5.41, 5.74) is 8.04. The number of nitrogens with one attached hydrogen (secondary N) is 2. The van der Waals surface area contributed by atoms with Crippen molar-refractivity contribution in [1.82, 2.24) is 20.8 Å². The summed E-state index contributed by atoms with van der Waals surface area (Å²) in [5.74, 6) is 4.57. The van der Waals surface area contributed by atoms with Crippen LogP contribution in [0.4, 0.5) is 0 Å². The second kappa shape index (κ2) is 10.6. The number of hydrogen-bond acceptors (Lipinski definition) is 6. The van der Waals surface area contributed by atoms with Crippen LogP contribution in [0.5, 0.6) is 0 Å². The molecule has 1 unspecified atom stereocenters. The van der Waals surface area contributed by atoms with E-state index in [4.69, 9.17) is 10.9 Å². The molecular weight excluding hydrogens is 358 g/mol. The molecule has 2 amide bonds. The lowest BCUT2D eigenvalue weighted by Gasteiger charge is -2.29. The average Bonchev–Trinajstić information content (AvgIpc) is 2.71. The molecule has 0 radical (unpaired) electrons. The van der Waals surface area contributed by atoms with E-state index in [2.05, 4.69) is 40.3 Å². The third-order valence-electron chi connectivity index (χ3n) is 3.45. The fourth-order valence-corrected chi connectivity index (χ4v) is 2.08. The monoisotopic (exact) mass is 381 g/mol. The second-order valence-electron chi connectivity index (χ2n) is 6.16. The lowest BCUT2D eigenvalue weighted by atomic mass is 9.95. The van der Waals surface area contributed by atoms with Gasteiger partial charge in [-0.3, -0.25) is 14.8 Å². The topological polar surface area (TPSA) is 130 Å². The molecular formula is C20H23N5O3. The quantitative estimate of drug-likeness (QED) is 0.271. The van der Waals surface area contributed by atoms with Crippen molar-refractivity contribution in [3.63, 3.8) is 0 Å². The van der Waals surface area contributed by atoms with Gasteiger partial charge < -0.3 is 11.1 Å². The molecule has 1 aromatic carbocycles. The highest BCUT2D eigenvalue weighted by Crippen LogP contribution is 2.09. The third-order valence-corrected chi connectivity index (χ3v) is 3.45. The van der Waals surface area contributed by atoms with E-state index in [0.29, 0.717) is 16.7 Å².